The number of piperazine rings is 1. The lowest BCUT2D eigenvalue weighted by Crippen LogP contribution is -2.52. The number of amides is 1. The topological polar surface area (TPSA) is 69.2 Å². The molecule has 1 aromatic carbocycles. The van der Waals surface area contributed by atoms with E-state index in [1.54, 1.807) is 19.2 Å². The van der Waals surface area contributed by atoms with Crippen LogP contribution < -0.4 is 15.4 Å². The Morgan fingerprint density at radius 3 is 2.59 bits per heavy atom. The van der Waals surface area contributed by atoms with E-state index in [0.29, 0.717) is 24.1 Å². The smallest absolute Gasteiger partial charge is 0.225 e. The Morgan fingerprint density at radius 2 is 2.00 bits per heavy atom. The second-order valence-corrected chi connectivity index (χ2v) is 8.28. The number of carbonyl (C=O) groups is 1. The summed E-state index contributed by atoms with van der Waals surface area (Å²) >= 11 is 0. The van der Waals surface area contributed by atoms with Crippen molar-refractivity contribution in [3.8, 4) is 5.75 Å². The highest BCUT2D eigenvalue weighted by Gasteiger charge is 2.31. The number of nitrogens with zero attached hydrogens (tertiary/aromatic N) is 3. The zero-order chi connectivity index (χ0) is 22.1. The summed E-state index contributed by atoms with van der Waals surface area (Å²) in [6.07, 6.45) is 4.06. The maximum Gasteiger partial charge on any atom is 0.225 e. The Morgan fingerprint density at radius 1 is 1.25 bits per heavy atom. The molecular weight excluding hydrogens is 524 g/mol. The number of hydrogen-bond donors (Lipinski definition) is 2. The molecule has 1 aliphatic carbocycles. The van der Waals surface area contributed by atoms with Gasteiger partial charge in [0.2, 0.25) is 5.91 Å². The molecule has 0 aromatic heterocycles. The number of carbonyl (C=O) groups excluding carboxylic acids is 1. The first-order valence-electron chi connectivity index (χ1n) is 11.5. The molecule has 7 nitrogen and oxygen atoms in total. The van der Waals surface area contributed by atoms with Crippen molar-refractivity contribution >= 4 is 35.8 Å². The van der Waals surface area contributed by atoms with E-state index >= 15 is 0 Å². The summed E-state index contributed by atoms with van der Waals surface area (Å²) in [5.74, 6) is 1.61. The summed E-state index contributed by atoms with van der Waals surface area (Å²) in [6.45, 7) is 7.81. The minimum absolute atomic E-state index is 0. The third-order valence-electron chi connectivity index (χ3n) is 6.13. The zero-order valence-electron chi connectivity index (χ0n) is 19.2. The quantitative estimate of drug-likeness (QED) is 0.276. The van der Waals surface area contributed by atoms with Crippen molar-refractivity contribution in [2.75, 3.05) is 52.9 Å². The summed E-state index contributed by atoms with van der Waals surface area (Å²) in [5, 5.41) is 6.63. The maximum absolute atomic E-state index is 13.4. The summed E-state index contributed by atoms with van der Waals surface area (Å²) in [7, 11) is 1.74. The van der Waals surface area contributed by atoms with Crippen molar-refractivity contribution in [2.24, 2.45) is 10.9 Å². The number of ether oxygens (including phenoxy) is 1. The van der Waals surface area contributed by atoms with E-state index in [2.05, 4.69) is 20.5 Å². The lowest BCUT2D eigenvalue weighted by molar-refractivity contribution is -0.139. The fourth-order valence-electron chi connectivity index (χ4n) is 3.87. The van der Waals surface area contributed by atoms with Gasteiger partial charge in [-0.1, -0.05) is 19.4 Å². The minimum atomic E-state index is -0.300. The largest absolute Gasteiger partial charge is 0.489 e. The second kappa shape index (κ2) is 13.8. The van der Waals surface area contributed by atoms with E-state index in [1.807, 2.05) is 11.8 Å². The van der Waals surface area contributed by atoms with E-state index in [-0.39, 0.29) is 35.9 Å². The number of aliphatic imine (C=N–C) groups is 1. The monoisotopic (exact) mass is 561 g/mol. The van der Waals surface area contributed by atoms with Gasteiger partial charge < -0.3 is 20.3 Å². The van der Waals surface area contributed by atoms with Gasteiger partial charge in [-0.15, -0.1) is 24.0 Å². The van der Waals surface area contributed by atoms with Crippen LogP contribution in [-0.2, 0) is 4.79 Å². The minimum Gasteiger partial charge on any atom is -0.489 e. The second-order valence-electron chi connectivity index (χ2n) is 8.28. The average Bonchev–Trinajstić information content (AvgIpc) is 2.74. The molecule has 0 radical (unpaired) electrons. The summed E-state index contributed by atoms with van der Waals surface area (Å²) in [4.78, 5) is 21.1. The first kappa shape index (κ1) is 26.6. The van der Waals surface area contributed by atoms with Crippen molar-refractivity contribution < 1.29 is 13.9 Å². The predicted octanol–water partition coefficient (Wildman–Crippen LogP) is 2.71. The highest BCUT2D eigenvalue weighted by atomic mass is 127. The van der Waals surface area contributed by atoms with Crippen LogP contribution in [0.25, 0.3) is 0 Å². The molecule has 2 N–H and O–H groups in total. The molecule has 1 atom stereocenters. The highest BCUT2D eigenvalue weighted by Crippen LogP contribution is 2.28. The van der Waals surface area contributed by atoms with Gasteiger partial charge in [0.25, 0.3) is 0 Å². The van der Waals surface area contributed by atoms with Gasteiger partial charge in [0.05, 0.1) is 6.54 Å². The standard InChI is InChI=1S/C23H36FN5O2.HI/c1-3-20(31-21-9-5-8-19(24)16-21)17-27-23(25-2)26-10-11-28-12-14-29(15-13-28)22(30)18-6-4-7-18;/h5,8-9,16,18,20H,3-4,6-7,10-15,17H2,1-2H3,(H2,25,26,27);1H. The molecule has 1 aromatic rings. The number of hydrogen-bond acceptors (Lipinski definition) is 4. The molecule has 3 rings (SSSR count). The van der Waals surface area contributed by atoms with Gasteiger partial charge >= 0.3 is 0 Å². The Bertz CT molecular complexity index is 739. The van der Waals surface area contributed by atoms with E-state index in [0.717, 1.165) is 64.5 Å². The van der Waals surface area contributed by atoms with Crippen LogP contribution in [0.5, 0.6) is 5.75 Å². The van der Waals surface area contributed by atoms with Crippen molar-refractivity contribution in [3.63, 3.8) is 0 Å². The van der Waals surface area contributed by atoms with Crippen LogP contribution in [0.15, 0.2) is 29.3 Å². The van der Waals surface area contributed by atoms with E-state index in [4.69, 9.17) is 4.74 Å². The Labute approximate surface area is 208 Å². The lowest BCUT2D eigenvalue weighted by atomic mass is 9.84. The van der Waals surface area contributed by atoms with Crippen LogP contribution in [0.1, 0.15) is 32.6 Å². The highest BCUT2D eigenvalue weighted by molar-refractivity contribution is 14.0. The molecule has 1 saturated carbocycles. The number of rotatable bonds is 9. The van der Waals surface area contributed by atoms with Crippen LogP contribution in [-0.4, -0.2) is 80.6 Å². The Balaban J connectivity index is 0.00000363. The molecule has 32 heavy (non-hydrogen) atoms. The van der Waals surface area contributed by atoms with Crippen molar-refractivity contribution in [2.45, 2.75) is 38.7 Å². The van der Waals surface area contributed by atoms with Crippen LogP contribution in [0, 0.1) is 11.7 Å². The van der Waals surface area contributed by atoms with Gasteiger partial charge in [0.15, 0.2) is 5.96 Å². The third-order valence-corrected chi connectivity index (χ3v) is 6.13. The number of halogens is 2. The van der Waals surface area contributed by atoms with Crippen molar-refractivity contribution in [1.29, 1.82) is 0 Å². The molecule has 2 fully saturated rings. The van der Waals surface area contributed by atoms with Gasteiger partial charge in [0, 0.05) is 58.3 Å². The first-order chi connectivity index (χ1) is 15.1. The molecule has 1 unspecified atom stereocenters. The Kier molecular flexibility index (Phi) is 11.5. The molecule has 1 amide bonds. The van der Waals surface area contributed by atoms with E-state index < -0.39 is 0 Å². The summed E-state index contributed by atoms with van der Waals surface area (Å²) in [5.41, 5.74) is 0. The van der Waals surface area contributed by atoms with Crippen LogP contribution in [0.4, 0.5) is 4.39 Å². The summed E-state index contributed by atoms with van der Waals surface area (Å²) in [6, 6.07) is 6.21. The fourth-order valence-corrected chi connectivity index (χ4v) is 3.87. The SMILES string of the molecule is CCC(CNC(=NC)NCCN1CCN(C(=O)C2CCC2)CC1)Oc1cccc(F)c1.I. The van der Waals surface area contributed by atoms with Crippen LogP contribution in [0.2, 0.25) is 0 Å². The molecule has 9 heteroatoms. The maximum atomic E-state index is 13.4. The van der Waals surface area contributed by atoms with Crippen molar-refractivity contribution in [1.82, 2.24) is 20.4 Å². The molecular formula is C23H37FIN5O2. The number of benzene rings is 1. The fraction of sp³-hybridized carbons (Fsp3) is 0.652. The average molecular weight is 561 g/mol. The van der Waals surface area contributed by atoms with Gasteiger partial charge in [-0.25, -0.2) is 4.39 Å². The van der Waals surface area contributed by atoms with Gasteiger partial charge in [0.1, 0.15) is 17.7 Å². The van der Waals surface area contributed by atoms with E-state index in [1.165, 1.54) is 18.6 Å². The Hall–Kier alpha value is -1.62. The van der Waals surface area contributed by atoms with Crippen LogP contribution >= 0.6 is 24.0 Å². The zero-order valence-corrected chi connectivity index (χ0v) is 21.5. The molecule has 1 saturated heterocycles. The molecule has 180 valence electrons. The van der Waals surface area contributed by atoms with Gasteiger partial charge in [-0.05, 0) is 31.4 Å². The van der Waals surface area contributed by atoms with Gasteiger partial charge in [-0.2, -0.15) is 0 Å². The van der Waals surface area contributed by atoms with E-state index in [9.17, 15) is 9.18 Å². The molecule has 1 heterocycles. The van der Waals surface area contributed by atoms with Crippen LogP contribution in [0.3, 0.4) is 0 Å². The molecule has 0 spiro atoms. The van der Waals surface area contributed by atoms with Crippen molar-refractivity contribution in [3.05, 3.63) is 30.1 Å². The first-order valence-corrected chi connectivity index (χ1v) is 11.5. The predicted molar refractivity (Wildman–Crippen MR) is 136 cm³/mol. The normalized spacial score (nSPS) is 18.3. The third kappa shape index (κ3) is 8.06. The molecule has 1 aliphatic heterocycles. The van der Waals surface area contributed by atoms with Gasteiger partial charge in [-0.3, -0.25) is 14.7 Å². The number of nitrogens with one attached hydrogen (secondary N) is 2. The summed E-state index contributed by atoms with van der Waals surface area (Å²) < 4.78 is 19.2. The lowest BCUT2D eigenvalue weighted by Gasteiger charge is -2.38. The molecule has 0 bridgehead atoms. The number of guanidine groups is 1. The molecule has 2 aliphatic rings.